The molecule has 0 aromatic carbocycles. The van der Waals surface area contributed by atoms with Gasteiger partial charge in [-0.15, -0.1) is 0 Å². The van der Waals surface area contributed by atoms with Crippen molar-refractivity contribution in [3.63, 3.8) is 0 Å². The van der Waals surface area contributed by atoms with E-state index in [9.17, 15) is 9.59 Å². The van der Waals surface area contributed by atoms with Crippen LogP contribution < -0.4 is 10.6 Å². The van der Waals surface area contributed by atoms with Crippen molar-refractivity contribution in [2.45, 2.75) is 90.5 Å². The molecule has 1 aliphatic rings. The molecule has 0 bridgehead atoms. The van der Waals surface area contributed by atoms with Gasteiger partial charge in [-0.3, -0.25) is 9.59 Å². The summed E-state index contributed by atoms with van der Waals surface area (Å²) in [6, 6.07) is 0.235. The largest absolute Gasteiger partial charge is 0.355 e. The van der Waals surface area contributed by atoms with E-state index >= 15 is 0 Å². The average Bonchev–Trinajstić information content (AvgIpc) is 2.52. The van der Waals surface area contributed by atoms with E-state index in [1.165, 1.54) is 32.1 Å². The van der Waals surface area contributed by atoms with Crippen molar-refractivity contribution < 1.29 is 9.59 Å². The van der Waals surface area contributed by atoms with Gasteiger partial charge >= 0.3 is 0 Å². The fourth-order valence-electron chi connectivity index (χ4n) is 3.10. The first-order chi connectivity index (χ1) is 10.6. The molecule has 1 fully saturated rings. The second-order valence-corrected chi connectivity index (χ2v) is 6.69. The first-order valence-corrected chi connectivity index (χ1v) is 9.20. The summed E-state index contributed by atoms with van der Waals surface area (Å²) in [5.41, 5.74) is 0. The van der Waals surface area contributed by atoms with Crippen molar-refractivity contribution in [1.82, 2.24) is 10.6 Å². The van der Waals surface area contributed by atoms with Gasteiger partial charge in [-0.2, -0.15) is 0 Å². The molecule has 1 rings (SSSR count). The van der Waals surface area contributed by atoms with Crippen molar-refractivity contribution in [3.05, 3.63) is 0 Å². The van der Waals surface area contributed by atoms with Crippen molar-refractivity contribution in [1.29, 1.82) is 0 Å². The van der Waals surface area contributed by atoms with Crippen LogP contribution in [0.3, 0.4) is 0 Å². The van der Waals surface area contributed by atoms with Crippen LogP contribution in [0.15, 0.2) is 0 Å². The Balaban J connectivity index is 2.05. The van der Waals surface area contributed by atoms with E-state index in [1.807, 2.05) is 0 Å². The number of amides is 2. The van der Waals surface area contributed by atoms with Crippen LogP contribution in [0.2, 0.25) is 0 Å². The van der Waals surface area contributed by atoms with Crippen LogP contribution >= 0.6 is 0 Å². The minimum Gasteiger partial charge on any atom is -0.355 e. The quantitative estimate of drug-likeness (QED) is 0.606. The lowest BCUT2D eigenvalue weighted by Gasteiger charge is -2.20. The Kier molecular flexibility index (Phi) is 9.93. The number of carbonyl (C=O) groups excluding carboxylic acids is 2. The number of nitrogens with one attached hydrogen (secondary N) is 2. The second-order valence-electron chi connectivity index (χ2n) is 6.69. The van der Waals surface area contributed by atoms with Gasteiger partial charge < -0.3 is 10.6 Å². The number of hydrogen-bond donors (Lipinski definition) is 2. The molecule has 22 heavy (non-hydrogen) atoms. The van der Waals surface area contributed by atoms with E-state index in [4.69, 9.17) is 0 Å². The minimum atomic E-state index is 0.0481. The summed E-state index contributed by atoms with van der Waals surface area (Å²) in [7, 11) is 0. The smallest absolute Gasteiger partial charge is 0.223 e. The van der Waals surface area contributed by atoms with Gasteiger partial charge in [-0.05, 0) is 26.2 Å². The molecule has 0 heterocycles. The number of carbonyl (C=O) groups is 2. The lowest BCUT2D eigenvalue weighted by Crippen LogP contribution is -2.37. The molecule has 1 aliphatic carbocycles. The standard InChI is InChI=1S/C18H34N2O2/c1-3-4-5-7-10-15(2)20-17(21)13-14-19-18(22)16-11-8-6-9-12-16/h15-16H,3-14H2,1-2H3,(H,19,22)(H,20,21). The Morgan fingerprint density at radius 1 is 1.09 bits per heavy atom. The molecule has 1 unspecified atom stereocenters. The Morgan fingerprint density at radius 2 is 1.82 bits per heavy atom. The summed E-state index contributed by atoms with van der Waals surface area (Å²) >= 11 is 0. The molecule has 128 valence electrons. The van der Waals surface area contributed by atoms with Crippen LogP contribution in [0.25, 0.3) is 0 Å². The maximum Gasteiger partial charge on any atom is 0.223 e. The molecular weight excluding hydrogens is 276 g/mol. The molecule has 0 saturated heterocycles. The molecule has 0 spiro atoms. The third-order valence-corrected chi connectivity index (χ3v) is 4.53. The van der Waals surface area contributed by atoms with Crippen LogP contribution in [0, 0.1) is 5.92 Å². The van der Waals surface area contributed by atoms with E-state index in [0.29, 0.717) is 13.0 Å². The van der Waals surface area contributed by atoms with Crippen LogP contribution in [0.5, 0.6) is 0 Å². The lowest BCUT2D eigenvalue weighted by atomic mass is 9.89. The van der Waals surface area contributed by atoms with Gasteiger partial charge in [0, 0.05) is 24.9 Å². The summed E-state index contributed by atoms with van der Waals surface area (Å²) in [5, 5.41) is 5.94. The van der Waals surface area contributed by atoms with E-state index in [1.54, 1.807) is 0 Å². The number of rotatable bonds is 10. The third kappa shape index (κ3) is 8.40. The Labute approximate surface area is 135 Å². The van der Waals surface area contributed by atoms with Gasteiger partial charge in [0.15, 0.2) is 0 Å². The van der Waals surface area contributed by atoms with Crippen molar-refractivity contribution in [2.24, 2.45) is 5.92 Å². The molecule has 2 amide bonds. The molecular formula is C18H34N2O2. The van der Waals surface area contributed by atoms with E-state index < -0.39 is 0 Å². The van der Waals surface area contributed by atoms with Gasteiger partial charge in [-0.1, -0.05) is 51.9 Å². The summed E-state index contributed by atoms with van der Waals surface area (Å²) in [5.74, 6) is 0.362. The zero-order chi connectivity index (χ0) is 16.2. The second kappa shape index (κ2) is 11.5. The van der Waals surface area contributed by atoms with Crippen LogP contribution in [0.4, 0.5) is 0 Å². The number of unbranched alkanes of at least 4 members (excludes halogenated alkanes) is 3. The van der Waals surface area contributed by atoms with Crippen molar-refractivity contribution >= 4 is 11.8 Å². The van der Waals surface area contributed by atoms with Crippen LogP contribution in [0.1, 0.15) is 84.5 Å². The zero-order valence-corrected chi connectivity index (χ0v) is 14.5. The predicted molar refractivity (Wildman–Crippen MR) is 90.6 cm³/mol. The molecule has 0 aromatic heterocycles. The topological polar surface area (TPSA) is 58.2 Å². The molecule has 4 heteroatoms. The highest BCUT2D eigenvalue weighted by Crippen LogP contribution is 2.23. The third-order valence-electron chi connectivity index (χ3n) is 4.53. The average molecular weight is 310 g/mol. The summed E-state index contributed by atoms with van der Waals surface area (Å²) in [6.07, 6.45) is 11.9. The maximum absolute atomic E-state index is 12.0. The predicted octanol–water partition coefficient (Wildman–Crippen LogP) is 3.55. The van der Waals surface area contributed by atoms with Crippen molar-refractivity contribution in [2.75, 3.05) is 6.54 Å². The normalized spacial score (nSPS) is 17.0. The summed E-state index contributed by atoms with van der Waals surface area (Å²) in [4.78, 5) is 23.8. The Hall–Kier alpha value is -1.06. The molecule has 0 aromatic rings. The fraction of sp³-hybridized carbons (Fsp3) is 0.889. The highest BCUT2D eigenvalue weighted by atomic mass is 16.2. The van der Waals surface area contributed by atoms with Crippen LogP contribution in [-0.2, 0) is 9.59 Å². The molecule has 0 radical (unpaired) electrons. The molecule has 1 saturated carbocycles. The monoisotopic (exact) mass is 310 g/mol. The SMILES string of the molecule is CCCCCCC(C)NC(=O)CCNC(=O)C1CCCCC1. The number of hydrogen-bond acceptors (Lipinski definition) is 2. The van der Waals surface area contributed by atoms with Crippen LogP contribution in [-0.4, -0.2) is 24.4 Å². The first kappa shape index (κ1) is 19.0. The molecule has 1 atom stereocenters. The summed E-state index contributed by atoms with van der Waals surface area (Å²) < 4.78 is 0. The molecule has 2 N–H and O–H groups in total. The minimum absolute atomic E-state index is 0.0481. The lowest BCUT2D eigenvalue weighted by molar-refractivity contribution is -0.126. The van der Waals surface area contributed by atoms with Crippen molar-refractivity contribution in [3.8, 4) is 0 Å². The molecule has 4 nitrogen and oxygen atoms in total. The highest BCUT2D eigenvalue weighted by molar-refractivity contribution is 5.80. The van der Waals surface area contributed by atoms with Gasteiger partial charge in [0.2, 0.25) is 11.8 Å². The van der Waals surface area contributed by atoms with Gasteiger partial charge in [0.05, 0.1) is 0 Å². The van der Waals surface area contributed by atoms with E-state index in [2.05, 4.69) is 24.5 Å². The van der Waals surface area contributed by atoms with E-state index in [-0.39, 0.29) is 23.8 Å². The Bertz CT molecular complexity index is 325. The first-order valence-electron chi connectivity index (χ1n) is 9.20. The maximum atomic E-state index is 12.0. The zero-order valence-electron chi connectivity index (χ0n) is 14.5. The highest BCUT2D eigenvalue weighted by Gasteiger charge is 2.20. The fourth-order valence-corrected chi connectivity index (χ4v) is 3.10. The molecule has 0 aliphatic heterocycles. The summed E-state index contributed by atoms with van der Waals surface area (Å²) in [6.45, 7) is 4.72. The van der Waals surface area contributed by atoms with Gasteiger partial charge in [0.25, 0.3) is 0 Å². The van der Waals surface area contributed by atoms with E-state index in [0.717, 1.165) is 32.1 Å². The Morgan fingerprint density at radius 3 is 2.50 bits per heavy atom. The van der Waals surface area contributed by atoms with Gasteiger partial charge in [0.1, 0.15) is 0 Å². The van der Waals surface area contributed by atoms with Gasteiger partial charge in [-0.25, -0.2) is 0 Å².